The molecule has 6 heteroatoms. The second kappa shape index (κ2) is 7.50. The molecule has 6 nitrogen and oxygen atoms in total. The van der Waals surface area contributed by atoms with Crippen molar-refractivity contribution >= 4 is 44.8 Å². The number of carbonyl (C=O) groups excluding carboxylic acids is 1. The van der Waals surface area contributed by atoms with Crippen LogP contribution in [0.3, 0.4) is 0 Å². The van der Waals surface area contributed by atoms with Crippen LogP contribution in [0.15, 0.2) is 78.9 Å². The molecule has 2 aromatic heterocycles. The molecule has 0 atom stereocenters. The van der Waals surface area contributed by atoms with Crippen LogP contribution in [0.1, 0.15) is 6.92 Å². The van der Waals surface area contributed by atoms with Gasteiger partial charge >= 0.3 is 0 Å². The largest absolute Gasteiger partial charge is 0.494 e. The summed E-state index contributed by atoms with van der Waals surface area (Å²) in [5.41, 5.74) is 5.51. The van der Waals surface area contributed by atoms with Crippen LogP contribution in [-0.4, -0.2) is 21.0 Å². The Morgan fingerprint density at radius 3 is 2.35 bits per heavy atom. The van der Waals surface area contributed by atoms with Crippen molar-refractivity contribution in [2.75, 3.05) is 10.6 Å². The molecule has 0 saturated carbocycles. The van der Waals surface area contributed by atoms with Crippen LogP contribution >= 0.6 is 0 Å². The highest BCUT2D eigenvalue weighted by atomic mass is 16.3. The lowest BCUT2D eigenvalue weighted by atomic mass is 10.1. The molecular formula is C25H20N4O2. The summed E-state index contributed by atoms with van der Waals surface area (Å²) in [5, 5.41) is 18.7. The van der Waals surface area contributed by atoms with Gasteiger partial charge in [0, 0.05) is 34.6 Å². The number of rotatable bonds is 4. The maximum Gasteiger partial charge on any atom is 0.221 e. The lowest BCUT2D eigenvalue weighted by Crippen LogP contribution is -2.05. The Morgan fingerprint density at radius 1 is 0.903 bits per heavy atom. The summed E-state index contributed by atoms with van der Waals surface area (Å²) in [6.07, 6.45) is 0. The van der Waals surface area contributed by atoms with Gasteiger partial charge < -0.3 is 20.7 Å². The third-order valence-electron chi connectivity index (χ3n) is 5.14. The van der Waals surface area contributed by atoms with Crippen LogP contribution in [0, 0.1) is 0 Å². The number of aromatic amines is 1. The standard InChI is InChI=1S/C25H20N4O2/c1-15(30)26-16-10-12-17(13-11-16)27-22-14-23(28-20-8-4-2-6-18(20)22)24-19-7-3-5-9-21(19)29-25(24)31/h2-14,29,31H,1H3,(H,26,30)(H,27,28). The molecule has 1 amide bonds. The maximum absolute atomic E-state index is 11.2. The highest BCUT2D eigenvalue weighted by molar-refractivity contribution is 6.02. The van der Waals surface area contributed by atoms with Gasteiger partial charge in [-0.15, -0.1) is 0 Å². The lowest BCUT2D eigenvalue weighted by molar-refractivity contribution is -0.114. The molecule has 31 heavy (non-hydrogen) atoms. The zero-order chi connectivity index (χ0) is 21.4. The van der Waals surface area contributed by atoms with Crippen LogP contribution in [0.4, 0.5) is 17.1 Å². The zero-order valence-electron chi connectivity index (χ0n) is 16.8. The minimum atomic E-state index is -0.107. The number of aromatic hydroxyl groups is 1. The molecule has 0 bridgehead atoms. The number of carbonyl (C=O) groups is 1. The number of anilines is 3. The van der Waals surface area contributed by atoms with Crippen molar-refractivity contribution in [3.8, 4) is 17.1 Å². The number of nitrogens with zero attached hydrogens (tertiary/aromatic N) is 1. The molecule has 5 rings (SSSR count). The maximum atomic E-state index is 11.2. The smallest absolute Gasteiger partial charge is 0.221 e. The van der Waals surface area contributed by atoms with Gasteiger partial charge in [0.05, 0.1) is 22.5 Å². The normalized spacial score (nSPS) is 11.0. The summed E-state index contributed by atoms with van der Waals surface area (Å²) in [4.78, 5) is 19.1. The first kappa shape index (κ1) is 18.7. The number of amides is 1. The van der Waals surface area contributed by atoms with E-state index in [1.165, 1.54) is 6.92 Å². The molecule has 3 aromatic carbocycles. The van der Waals surface area contributed by atoms with E-state index in [0.29, 0.717) is 11.3 Å². The molecule has 0 spiro atoms. The summed E-state index contributed by atoms with van der Waals surface area (Å²) in [7, 11) is 0. The molecule has 5 aromatic rings. The van der Waals surface area contributed by atoms with Crippen molar-refractivity contribution in [1.29, 1.82) is 0 Å². The van der Waals surface area contributed by atoms with E-state index >= 15 is 0 Å². The topological polar surface area (TPSA) is 90.0 Å². The zero-order valence-corrected chi connectivity index (χ0v) is 16.8. The van der Waals surface area contributed by atoms with Gasteiger partial charge in [0.2, 0.25) is 5.91 Å². The van der Waals surface area contributed by atoms with Crippen molar-refractivity contribution in [1.82, 2.24) is 9.97 Å². The third-order valence-corrected chi connectivity index (χ3v) is 5.14. The average Bonchev–Trinajstić information content (AvgIpc) is 3.10. The predicted octanol–water partition coefficient (Wildman–Crippen LogP) is 5.79. The number of H-pyrrole nitrogens is 1. The summed E-state index contributed by atoms with van der Waals surface area (Å²) in [6, 6.07) is 25.1. The van der Waals surface area contributed by atoms with E-state index in [0.717, 1.165) is 38.9 Å². The van der Waals surface area contributed by atoms with Crippen molar-refractivity contribution in [3.63, 3.8) is 0 Å². The number of aromatic nitrogens is 2. The minimum Gasteiger partial charge on any atom is -0.494 e. The van der Waals surface area contributed by atoms with Crippen LogP contribution < -0.4 is 10.6 Å². The first-order chi connectivity index (χ1) is 15.1. The van der Waals surface area contributed by atoms with Gasteiger partial charge in [0.15, 0.2) is 5.88 Å². The molecule has 4 N–H and O–H groups in total. The van der Waals surface area contributed by atoms with E-state index in [1.807, 2.05) is 78.9 Å². The number of pyridine rings is 1. The predicted molar refractivity (Wildman–Crippen MR) is 125 cm³/mol. The Balaban J connectivity index is 1.61. The molecular weight excluding hydrogens is 388 g/mol. The van der Waals surface area contributed by atoms with E-state index in [4.69, 9.17) is 4.98 Å². The van der Waals surface area contributed by atoms with Crippen molar-refractivity contribution < 1.29 is 9.90 Å². The molecule has 0 unspecified atom stereocenters. The number of benzene rings is 3. The molecule has 0 radical (unpaired) electrons. The number of hydrogen-bond donors (Lipinski definition) is 4. The van der Waals surface area contributed by atoms with Crippen LogP contribution in [0.5, 0.6) is 5.88 Å². The Morgan fingerprint density at radius 2 is 1.58 bits per heavy atom. The van der Waals surface area contributed by atoms with Gasteiger partial charge in [0.1, 0.15) is 0 Å². The van der Waals surface area contributed by atoms with Gasteiger partial charge in [-0.05, 0) is 42.5 Å². The highest BCUT2D eigenvalue weighted by Crippen LogP contribution is 2.38. The Labute approximate surface area is 178 Å². The van der Waals surface area contributed by atoms with E-state index in [9.17, 15) is 9.90 Å². The average molecular weight is 408 g/mol. The number of hydrogen-bond acceptors (Lipinski definition) is 4. The quantitative estimate of drug-likeness (QED) is 0.303. The first-order valence-corrected chi connectivity index (χ1v) is 9.93. The van der Waals surface area contributed by atoms with Gasteiger partial charge in [-0.3, -0.25) is 4.79 Å². The number of fused-ring (bicyclic) bond motifs is 2. The fourth-order valence-electron chi connectivity index (χ4n) is 3.79. The Kier molecular flexibility index (Phi) is 4.52. The molecule has 152 valence electrons. The second-order valence-electron chi connectivity index (χ2n) is 7.35. The van der Waals surface area contributed by atoms with Gasteiger partial charge in [0.25, 0.3) is 0 Å². The Hall–Kier alpha value is -4.32. The molecule has 0 aliphatic rings. The van der Waals surface area contributed by atoms with Crippen molar-refractivity contribution in [2.24, 2.45) is 0 Å². The summed E-state index contributed by atoms with van der Waals surface area (Å²) in [6.45, 7) is 1.48. The number of nitrogens with one attached hydrogen (secondary N) is 3. The number of para-hydroxylation sites is 2. The van der Waals surface area contributed by atoms with Crippen LogP contribution in [0.25, 0.3) is 33.1 Å². The summed E-state index contributed by atoms with van der Waals surface area (Å²) in [5.74, 6) is -0.0152. The minimum absolute atomic E-state index is 0.0922. The Bertz CT molecular complexity index is 1420. The second-order valence-corrected chi connectivity index (χ2v) is 7.35. The summed E-state index contributed by atoms with van der Waals surface area (Å²) < 4.78 is 0. The third kappa shape index (κ3) is 3.55. The molecule has 0 saturated heterocycles. The van der Waals surface area contributed by atoms with Crippen LogP contribution in [-0.2, 0) is 4.79 Å². The monoisotopic (exact) mass is 408 g/mol. The van der Waals surface area contributed by atoms with Gasteiger partial charge in [-0.2, -0.15) is 0 Å². The van der Waals surface area contributed by atoms with E-state index in [1.54, 1.807) is 0 Å². The van der Waals surface area contributed by atoms with Crippen LogP contribution in [0.2, 0.25) is 0 Å². The van der Waals surface area contributed by atoms with E-state index < -0.39 is 0 Å². The SMILES string of the molecule is CC(=O)Nc1ccc(Nc2cc(-c3c(O)[nH]c4ccccc34)nc3ccccc23)cc1. The van der Waals surface area contributed by atoms with Gasteiger partial charge in [-0.1, -0.05) is 36.4 Å². The molecule has 0 fully saturated rings. The van der Waals surface area contributed by atoms with E-state index in [2.05, 4.69) is 15.6 Å². The van der Waals surface area contributed by atoms with E-state index in [-0.39, 0.29) is 11.8 Å². The van der Waals surface area contributed by atoms with Crippen molar-refractivity contribution in [3.05, 3.63) is 78.9 Å². The lowest BCUT2D eigenvalue weighted by Gasteiger charge is -2.13. The summed E-state index contributed by atoms with van der Waals surface area (Å²) >= 11 is 0. The first-order valence-electron chi connectivity index (χ1n) is 9.93. The fraction of sp³-hybridized carbons (Fsp3) is 0.0400. The highest BCUT2D eigenvalue weighted by Gasteiger charge is 2.16. The fourth-order valence-corrected chi connectivity index (χ4v) is 3.79. The van der Waals surface area contributed by atoms with Gasteiger partial charge in [-0.25, -0.2) is 4.98 Å². The van der Waals surface area contributed by atoms with Crippen molar-refractivity contribution in [2.45, 2.75) is 6.92 Å². The molecule has 0 aliphatic heterocycles. The molecule has 2 heterocycles. The molecule has 0 aliphatic carbocycles.